The maximum Gasteiger partial charge on any atom is 0.341 e. The van der Waals surface area contributed by atoms with E-state index < -0.39 is 22.8 Å². The van der Waals surface area contributed by atoms with Crippen LogP contribution in [0.4, 0.5) is 10.1 Å². The van der Waals surface area contributed by atoms with Gasteiger partial charge >= 0.3 is 5.97 Å². The number of aromatic nitrogens is 1. The first-order valence-corrected chi connectivity index (χ1v) is 11.3. The molecule has 1 aromatic carbocycles. The van der Waals surface area contributed by atoms with Crippen LogP contribution in [-0.2, 0) is 4.79 Å². The van der Waals surface area contributed by atoms with Crippen LogP contribution in [0.2, 0.25) is 0 Å². The maximum absolute atomic E-state index is 15.5. The number of carboxylic acids is 1. The van der Waals surface area contributed by atoms with Crippen LogP contribution in [0.5, 0.6) is 0 Å². The molecule has 172 valence electrons. The number of pyridine rings is 1. The van der Waals surface area contributed by atoms with Crippen LogP contribution in [-0.4, -0.2) is 58.5 Å². The third-order valence-corrected chi connectivity index (χ3v) is 7.16. The highest BCUT2D eigenvalue weighted by Gasteiger charge is 2.41. The fourth-order valence-electron chi connectivity index (χ4n) is 5.63. The summed E-state index contributed by atoms with van der Waals surface area (Å²) in [5, 5.41) is 19.5. The van der Waals surface area contributed by atoms with Gasteiger partial charge in [-0.2, -0.15) is 5.26 Å². The predicted molar refractivity (Wildman–Crippen MR) is 119 cm³/mol. The van der Waals surface area contributed by atoms with E-state index in [2.05, 4.69) is 11.0 Å². The lowest BCUT2D eigenvalue weighted by Gasteiger charge is -2.36. The Balaban J connectivity index is 1.65. The number of nitriles is 1. The number of aromatic carboxylic acids is 1. The molecule has 0 amide bonds. The number of anilines is 1. The van der Waals surface area contributed by atoms with Crippen molar-refractivity contribution < 1.29 is 19.1 Å². The molecule has 2 unspecified atom stereocenters. The zero-order chi connectivity index (χ0) is 23.4. The van der Waals surface area contributed by atoms with Crippen molar-refractivity contribution in [2.45, 2.75) is 44.7 Å². The first-order chi connectivity index (χ1) is 15.8. The number of benzene rings is 1. The molecule has 1 N–H and O–H groups in total. The van der Waals surface area contributed by atoms with Crippen LogP contribution >= 0.6 is 0 Å². The van der Waals surface area contributed by atoms with Crippen LogP contribution in [0.3, 0.4) is 0 Å². The van der Waals surface area contributed by atoms with Crippen molar-refractivity contribution in [3.05, 3.63) is 39.4 Å². The Morgan fingerprint density at radius 3 is 2.67 bits per heavy atom. The number of carboxylic acid groups (broad SMARTS) is 1. The molecule has 3 heterocycles. The number of nitrogens with zero attached hydrogens (tertiary/aromatic N) is 4. The summed E-state index contributed by atoms with van der Waals surface area (Å²) in [7, 11) is 0. The van der Waals surface area contributed by atoms with E-state index in [-0.39, 0.29) is 40.4 Å². The zero-order valence-corrected chi connectivity index (χ0v) is 18.4. The fourth-order valence-corrected chi connectivity index (χ4v) is 5.63. The smallest absolute Gasteiger partial charge is 0.341 e. The molecule has 9 heteroatoms. The van der Waals surface area contributed by atoms with Crippen molar-refractivity contribution in [3.8, 4) is 6.07 Å². The number of carbonyl (C=O) groups excluding carboxylic acids is 1. The molecule has 1 aromatic heterocycles. The number of carbonyl (C=O) groups is 2. The highest BCUT2D eigenvalue weighted by atomic mass is 19.1. The average molecular weight is 452 g/mol. The molecule has 2 saturated heterocycles. The Morgan fingerprint density at radius 1 is 1.27 bits per heavy atom. The molecular formula is C24H25FN4O4. The summed E-state index contributed by atoms with van der Waals surface area (Å²) in [5.41, 5.74) is -0.653. The number of halogens is 1. The molecule has 33 heavy (non-hydrogen) atoms. The van der Waals surface area contributed by atoms with E-state index >= 15 is 4.39 Å². The Hall–Kier alpha value is -3.25. The van der Waals surface area contributed by atoms with E-state index in [4.69, 9.17) is 0 Å². The molecule has 5 rings (SSSR count). The molecule has 1 aliphatic carbocycles. The topological polar surface area (TPSA) is 107 Å². The molecular weight excluding hydrogens is 427 g/mol. The summed E-state index contributed by atoms with van der Waals surface area (Å²) in [6.07, 6.45) is 4.85. The summed E-state index contributed by atoms with van der Waals surface area (Å²) in [5.74, 6) is -1.71. The van der Waals surface area contributed by atoms with Gasteiger partial charge in [0, 0.05) is 31.4 Å². The molecule has 2 aliphatic heterocycles. The van der Waals surface area contributed by atoms with E-state index in [1.165, 1.54) is 6.20 Å². The van der Waals surface area contributed by atoms with Gasteiger partial charge in [-0.3, -0.25) is 14.5 Å². The number of Topliss-reactive ketones (excluding diaryl/α,β-unsaturated/α-hetero) is 1. The zero-order valence-electron chi connectivity index (χ0n) is 18.4. The number of likely N-dealkylation sites (tertiary alicyclic amines) is 1. The number of ketones is 1. The first-order valence-electron chi connectivity index (χ1n) is 11.3. The highest BCUT2D eigenvalue weighted by molar-refractivity contribution is 5.96. The molecule has 8 nitrogen and oxygen atoms in total. The largest absolute Gasteiger partial charge is 0.477 e. The molecule has 2 atom stereocenters. The minimum absolute atomic E-state index is 0.0103. The summed E-state index contributed by atoms with van der Waals surface area (Å²) >= 11 is 0. The van der Waals surface area contributed by atoms with Crippen molar-refractivity contribution in [1.82, 2.24) is 9.47 Å². The normalized spacial score (nSPS) is 22.9. The Bertz CT molecular complexity index is 1280. The molecule has 0 radical (unpaired) electrons. The number of rotatable bonds is 5. The van der Waals surface area contributed by atoms with Gasteiger partial charge in [-0.1, -0.05) is 0 Å². The van der Waals surface area contributed by atoms with Gasteiger partial charge in [0.25, 0.3) is 0 Å². The second-order valence-electron chi connectivity index (χ2n) is 9.45. The third-order valence-electron chi connectivity index (χ3n) is 7.16. The maximum atomic E-state index is 15.5. The van der Waals surface area contributed by atoms with Crippen molar-refractivity contribution >= 4 is 28.3 Å². The fraction of sp³-hybridized carbons (Fsp3) is 0.500. The van der Waals surface area contributed by atoms with E-state index in [0.29, 0.717) is 25.2 Å². The summed E-state index contributed by atoms with van der Waals surface area (Å²) in [6, 6.07) is 3.31. The third kappa shape index (κ3) is 3.59. The predicted octanol–water partition coefficient (Wildman–Crippen LogP) is 2.53. The second kappa shape index (κ2) is 7.96. The van der Waals surface area contributed by atoms with Gasteiger partial charge in [-0.05, 0) is 51.1 Å². The molecule has 0 spiro atoms. The van der Waals surface area contributed by atoms with E-state index in [1.54, 1.807) is 11.5 Å². The lowest BCUT2D eigenvalue weighted by Crippen LogP contribution is -2.47. The van der Waals surface area contributed by atoms with Gasteiger partial charge in [0.1, 0.15) is 28.8 Å². The van der Waals surface area contributed by atoms with Gasteiger partial charge < -0.3 is 14.6 Å². The van der Waals surface area contributed by atoms with Gasteiger partial charge in [0.05, 0.1) is 23.1 Å². The monoisotopic (exact) mass is 452 g/mol. The van der Waals surface area contributed by atoms with Crippen LogP contribution in [0.25, 0.3) is 10.9 Å². The van der Waals surface area contributed by atoms with Crippen LogP contribution < -0.4 is 10.3 Å². The van der Waals surface area contributed by atoms with Crippen LogP contribution in [0.1, 0.15) is 54.6 Å². The quantitative estimate of drug-likeness (QED) is 0.743. The molecule has 1 saturated carbocycles. The Kier molecular flexibility index (Phi) is 5.20. The van der Waals surface area contributed by atoms with Crippen LogP contribution in [0.15, 0.2) is 17.1 Å². The van der Waals surface area contributed by atoms with Crippen molar-refractivity contribution in [2.75, 3.05) is 31.1 Å². The summed E-state index contributed by atoms with van der Waals surface area (Å²) in [4.78, 5) is 40.2. The van der Waals surface area contributed by atoms with Crippen molar-refractivity contribution in [3.63, 3.8) is 0 Å². The van der Waals surface area contributed by atoms with E-state index in [0.717, 1.165) is 38.3 Å². The number of hydrogen-bond acceptors (Lipinski definition) is 6. The number of piperidine rings is 1. The van der Waals surface area contributed by atoms with E-state index in [1.807, 2.05) is 4.90 Å². The lowest BCUT2D eigenvalue weighted by molar-refractivity contribution is -0.119. The van der Waals surface area contributed by atoms with Gasteiger partial charge in [0.2, 0.25) is 5.43 Å². The summed E-state index contributed by atoms with van der Waals surface area (Å²) < 4.78 is 17.2. The van der Waals surface area contributed by atoms with E-state index in [9.17, 15) is 24.8 Å². The van der Waals surface area contributed by atoms with Crippen LogP contribution in [0, 0.1) is 23.1 Å². The lowest BCUT2D eigenvalue weighted by atomic mass is 9.92. The number of hydrogen-bond donors (Lipinski definition) is 1. The summed E-state index contributed by atoms with van der Waals surface area (Å²) in [6.45, 7) is 3.81. The molecule has 2 aromatic rings. The molecule has 0 bridgehead atoms. The molecule has 3 aliphatic rings. The Morgan fingerprint density at radius 2 is 2.03 bits per heavy atom. The molecule has 3 fully saturated rings. The van der Waals surface area contributed by atoms with Crippen molar-refractivity contribution in [1.29, 1.82) is 5.26 Å². The first kappa shape index (κ1) is 21.6. The van der Waals surface area contributed by atoms with Gasteiger partial charge in [-0.15, -0.1) is 0 Å². The van der Waals surface area contributed by atoms with Crippen molar-refractivity contribution in [2.24, 2.45) is 5.92 Å². The van der Waals surface area contributed by atoms with Gasteiger partial charge in [0.15, 0.2) is 0 Å². The minimum Gasteiger partial charge on any atom is -0.477 e. The van der Waals surface area contributed by atoms with Gasteiger partial charge in [-0.25, -0.2) is 9.18 Å². The second-order valence-corrected chi connectivity index (χ2v) is 9.45. The SMILES string of the molecule is CC(=O)CN1CCCC2CN(c3c(F)cc4c(=O)c(C(=O)O)cn(C5CC5)c4c3C#N)CC21. The minimum atomic E-state index is -1.37. The average Bonchev–Trinajstić information content (AvgIpc) is 3.51. The Labute approximate surface area is 189 Å². The number of fused-ring (bicyclic) bond motifs is 2. The highest BCUT2D eigenvalue weighted by Crippen LogP contribution is 2.42. The standard InChI is InChI=1S/C24H25FN4O4/c1-13(30)9-27-6-2-3-14-10-28(12-20(14)27)22-17(8-26)21-16(7-19(22)25)23(31)18(24(32)33)11-29(21)15-4-5-15/h7,11,14-15,20H,2-6,9-10,12H2,1H3,(H,32,33).